The molecule has 1 N–H and O–H groups in total. The molecule has 2 rings (SSSR count). The highest BCUT2D eigenvalue weighted by Gasteiger charge is 2.21. The molecule has 1 aliphatic rings. The van der Waals surface area contributed by atoms with Crippen LogP contribution in [-0.2, 0) is 6.42 Å². The van der Waals surface area contributed by atoms with Gasteiger partial charge in [0.2, 0.25) is 5.89 Å². The maximum atomic E-state index is 5.42. The van der Waals surface area contributed by atoms with E-state index in [1.54, 1.807) is 0 Å². The van der Waals surface area contributed by atoms with Crippen LogP contribution < -0.4 is 5.32 Å². The fourth-order valence-corrected chi connectivity index (χ4v) is 2.95. The third kappa shape index (κ3) is 4.30. The van der Waals surface area contributed by atoms with E-state index in [-0.39, 0.29) is 0 Å². The molecule has 2 unspecified atom stereocenters. The Kier molecular flexibility index (Phi) is 5.37. The smallest absolute Gasteiger partial charge is 0.229 e. The predicted molar refractivity (Wildman–Crippen MR) is 76.1 cm³/mol. The van der Waals surface area contributed by atoms with Gasteiger partial charge in [0, 0.05) is 18.4 Å². The zero-order valence-corrected chi connectivity index (χ0v) is 12.5. The lowest BCUT2D eigenvalue weighted by atomic mass is 9.83. The molecule has 0 amide bonds. The van der Waals surface area contributed by atoms with E-state index in [1.807, 2.05) is 7.05 Å². The third-order valence-electron chi connectivity index (χ3n) is 4.30. The van der Waals surface area contributed by atoms with Gasteiger partial charge in [-0.15, -0.1) is 0 Å². The Morgan fingerprint density at radius 1 is 1.26 bits per heavy atom. The Morgan fingerprint density at radius 2 is 2.00 bits per heavy atom. The maximum absolute atomic E-state index is 5.42. The minimum Gasteiger partial charge on any atom is -0.339 e. The first-order valence-electron chi connectivity index (χ1n) is 7.68. The summed E-state index contributed by atoms with van der Waals surface area (Å²) in [5.74, 6) is 2.90. The minimum atomic E-state index is 0.388. The van der Waals surface area contributed by atoms with Gasteiger partial charge in [-0.3, -0.25) is 0 Å². The molecule has 4 heteroatoms. The van der Waals surface area contributed by atoms with Crippen molar-refractivity contribution in [2.45, 2.75) is 70.8 Å². The molecule has 0 radical (unpaired) electrons. The van der Waals surface area contributed by atoms with Crippen LogP contribution in [0, 0.1) is 5.92 Å². The summed E-state index contributed by atoms with van der Waals surface area (Å²) in [6.07, 6.45) is 8.99. The summed E-state index contributed by atoms with van der Waals surface area (Å²) in [6.45, 7) is 4.34. The third-order valence-corrected chi connectivity index (χ3v) is 4.30. The largest absolute Gasteiger partial charge is 0.339 e. The first kappa shape index (κ1) is 14.5. The Morgan fingerprint density at radius 3 is 2.68 bits per heavy atom. The van der Waals surface area contributed by atoms with Crippen LogP contribution in [0.4, 0.5) is 0 Å². The Labute approximate surface area is 116 Å². The second-order valence-electron chi connectivity index (χ2n) is 6.08. The zero-order valence-electron chi connectivity index (χ0n) is 12.5. The fraction of sp³-hybridized carbons (Fsp3) is 0.867. The Bertz CT molecular complexity index is 371. The molecule has 19 heavy (non-hydrogen) atoms. The Hall–Kier alpha value is -0.900. The number of rotatable bonds is 6. The van der Waals surface area contributed by atoms with Crippen molar-refractivity contribution in [2.24, 2.45) is 5.92 Å². The van der Waals surface area contributed by atoms with Gasteiger partial charge in [-0.2, -0.15) is 4.98 Å². The van der Waals surface area contributed by atoms with Crippen molar-refractivity contribution in [2.75, 3.05) is 7.05 Å². The molecule has 108 valence electrons. The molecule has 1 aromatic rings. The lowest BCUT2D eigenvalue weighted by Crippen LogP contribution is -2.24. The molecule has 0 saturated heterocycles. The lowest BCUT2D eigenvalue weighted by molar-refractivity contribution is 0.288. The van der Waals surface area contributed by atoms with Gasteiger partial charge in [-0.25, -0.2) is 0 Å². The van der Waals surface area contributed by atoms with Crippen LogP contribution in [0.5, 0.6) is 0 Å². The van der Waals surface area contributed by atoms with Crippen LogP contribution in [-0.4, -0.2) is 23.2 Å². The normalized spacial score (nSPS) is 20.4. The highest BCUT2D eigenvalue weighted by atomic mass is 16.5. The van der Waals surface area contributed by atoms with Crippen molar-refractivity contribution in [1.82, 2.24) is 15.5 Å². The molecule has 0 aromatic carbocycles. The van der Waals surface area contributed by atoms with Crippen LogP contribution >= 0.6 is 0 Å². The van der Waals surface area contributed by atoms with Crippen LogP contribution in [0.15, 0.2) is 4.52 Å². The number of likely N-dealkylation sites (N-methyl/N-ethyl adjacent to an activating group) is 1. The van der Waals surface area contributed by atoms with Crippen molar-refractivity contribution in [3.05, 3.63) is 11.7 Å². The molecular formula is C15H27N3O. The van der Waals surface area contributed by atoms with E-state index in [0.717, 1.165) is 24.1 Å². The molecule has 1 aromatic heterocycles. The van der Waals surface area contributed by atoms with Crippen molar-refractivity contribution >= 4 is 0 Å². The van der Waals surface area contributed by atoms with E-state index in [1.165, 1.54) is 38.5 Å². The highest BCUT2D eigenvalue weighted by molar-refractivity contribution is 4.95. The molecule has 1 heterocycles. The molecule has 0 aliphatic heterocycles. The molecular weight excluding hydrogens is 238 g/mol. The van der Waals surface area contributed by atoms with Crippen LogP contribution in [0.2, 0.25) is 0 Å². The number of hydrogen-bond acceptors (Lipinski definition) is 4. The summed E-state index contributed by atoms with van der Waals surface area (Å²) in [5, 5.41) is 7.29. The number of hydrogen-bond donors (Lipinski definition) is 1. The Balaban J connectivity index is 1.86. The topological polar surface area (TPSA) is 51.0 Å². The predicted octanol–water partition coefficient (Wildman–Crippen LogP) is 3.29. The molecule has 1 aliphatic carbocycles. The summed E-state index contributed by atoms with van der Waals surface area (Å²) in [7, 11) is 1.96. The second kappa shape index (κ2) is 7.04. The summed E-state index contributed by atoms with van der Waals surface area (Å²) >= 11 is 0. The summed E-state index contributed by atoms with van der Waals surface area (Å²) in [4.78, 5) is 4.55. The van der Waals surface area contributed by atoms with Crippen molar-refractivity contribution < 1.29 is 4.52 Å². The van der Waals surface area contributed by atoms with Gasteiger partial charge >= 0.3 is 0 Å². The summed E-state index contributed by atoms with van der Waals surface area (Å²) in [5.41, 5.74) is 0. The average molecular weight is 265 g/mol. The lowest BCUT2D eigenvalue weighted by Gasteiger charge is -2.23. The van der Waals surface area contributed by atoms with Gasteiger partial charge in [-0.1, -0.05) is 44.2 Å². The molecule has 4 nitrogen and oxygen atoms in total. The van der Waals surface area contributed by atoms with Crippen LogP contribution in [0.1, 0.15) is 70.0 Å². The van der Waals surface area contributed by atoms with Gasteiger partial charge in [-0.05, 0) is 26.3 Å². The van der Waals surface area contributed by atoms with Gasteiger partial charge in [0.15, 0.2) is 5.82 Å². The van der Waals surface area contributed by atoms with E-state index in [4.69, 9.17) is 4.52 Å². The van der Waals surface area contributed by atoms with Crippen molar-refractivity contribution in [3.8, 4) is 0 Å². The van der Waals surface area contributed by atoms with Gasteiger partial charge < -0.3 is 9.84 Å². The van der Waals surface area contributed by atoms with E-state index in [0.29, 0.717) is 12.0 Å². The van der Waals surface area contributed by atoms with Crippen molar-refractivity contribution in [3.63, 3.8) is 0 Å². The maximum Gasteiger partial charge on any atom is 0.229 e. The second-order valence-corrected chi connectivity index (χ2v) is 6.08. The highest BCUT2D eigenvalue weighted by Crippen LogP contribution is 2.32. The molecule has 2 atom stereocenters. The summed E-state index contributed by atoms with van der Waals surface area (Å²) < 4.78 is 5.42. The van der Waals surface area contributed by atoms with Gasteiger partial charge in [0.1, 0.15) is 0 Å². The molecule has 0 spiro atoms. The van der Waals surface area contributed by atoms with E-state index >= 15 is 0 Å². The SMILES string of the molecule is CNC(C)Cc1noc(C(C)CC2CCCCC2)n1. The first-order valence-corrected chi connectivity index (χ1v) is 7.68. The number of nitrogens with one attached hydrogen (secondary N) is 1. The van der Waals surface area contributed by atoms with Gasteiger partial charge in [0.05, 0.1) is 0 Å². The number of nitrogens with zero attached hydrogens (tertiary/aromatic N) is 2. The van der Waals surface area contributed by atoms with Crippen LogP contribution in [0.25, 0.3) is 0 Å². The average Bonchev–Trinajstić information content (AvgIpc) is 2.88. The van der Waals surface area contributed by atoms with Crippen molar-refractivity contribution in [1.29, 1.82) is 0 Å². The molecule has 1 fully saturated rings. The molecule has 1 saturated carbocycles. The van der Waals surface area contributed by atoms with Crippen LogP contribution in [0.3, 0.4) is 0 Å². The van der Waals surface area contributed by atoms with E-state index in [2.05, 4.69) is 29.3 Å². The zero-order chi connectivity index (χ0) is 13.7. The standard InChI is InChI=1S/C15H27N3O/c1-11(9-13-7-5-4-6-8-13)15-17-14(18-19-15)10-12(2)16-3/h11-13,16H,4-10H2,1-3H3. The monoisotopic (exact) mass is 265 g/mol. The fourth-order valence-electron chi connectivity index (χ4n) is 2.95. The minimum absolute atomic E-state index is 0.388. The van der Waals surface area contributed by atoms with E-state index < -0.39 is 0 Å². The summed E-state index contributed by atoms with van der Waals surface area (Å²) in [6, 6.07) is 0.388. The number of aromatic nitrogens is 2. The quantitative estimate of drug-likeness (QED) is 0.857. The van der Waals surface area contributed by atoms with E-state index in [9.17, 15) is 0 Å². The molecule has 0 bridgehead atoms. The van der Waals surface area contributed by atoms with Gasteiger partial charge in [0.25, 0.3) is 0 Å². The first-order chi connectivity index (χ1) is 9.19.